The fourth-order valence-electron chi connectivity index (χ4n) is 4.90. The fraction of sp³-hybridized carbons (Fsp3) is 0.360. The summed E-state index contributed by atoms with van der Waals surface area (Å²) in [6, 6.07) is 14.6. The largest absolute Gasteiger partial charge is 0.586 e. The molecule has 2 aromatic carbocycles. The second kappa shape index (κ2) is 8.04. The van der Waals surface area contributed by atoms with Gasteiger partial charge in [-0.05, 0) is 67.3 Å². The number of aromatic nitrogens is 1. The minimum Gasteiger partial charge on any atom is -0.395 e. The van der Waals surface area contributed by atoms with Crippen LogP contribution in [0.3, 0.4) is 0 Å². The average molecular weight is 438 g/mol. The molecule has 1 aromatic heterocycles. The number of carbonyl (C=O) groups is 1. The molecule has 0 spiro atoms. The zero-order valence-corrected chi connectivity index (χ0v) is 17.7. The number of alkyl halides is 2. The molecule has 1 N–H and O–H groups in total. The Bertz CT molecular complexity index is 1150. The zero-order valence-electron chi connectivity index (χ0n) is 17.7. The molecule has 166 valence electrons. The van der Waals surface area contributed by atoms with Crippen LogP contribution < -0.4 is 14.8 Å². The van der Waals surface area contributed by atoms with E-state index in [1.807, 2.05) is 31.3 Å². The minimum absolute atomic E-state index is 0.0389. The summed E-state index contributed by atoms with van der Waals surface area (Å²) in [5, 5.41) is 4.04. The highest BCUT2D eigenvalue weighted by Gasteiger charge is 2.43. The second-order valence-corrected chi connectivity index (χ2v) is 8.64. The summed E-state index contributed by atoms with van der Waals surface area (Å²) in [7, 11) is 0. The Morgan fingerprint density at radius 1 is 1.06 bits per heavy atom. The summed E-state index contributed by atoms with van der Waals surface area (Å²) in [4.78, 5) is 17.3. The van der Waals surface area contributed by atoms with E-state index in [9.17, 15) is 13.6 Å². The molecule has 1 fully saturated rings. The van der Waals surface area contributed by atoms with Gasteiger partial charge in [0.25, 0.3) is 0 Å². The molecule has 1 amide bonds. The first kappa shape index (κ1) is 20.7. The Morgan fingerprint density at radius 2 is 1.81 bits per heavy atom. The lowest BCUT2D eigenvalue weighted by atomic mass is 9.73. The van der Waals surface area contributed by atoms with Crippen molar-refractivity contribution in [3.05, 3.63) is 60.3 Å². The van der Waals surface area contributed by atoms with E-state index in [0.717, 1.165) is 31.2 Å². The Morgan fingerprint density at radius 3 is 2.62 bits per heavy atom. The van der Waals surface area contributed by atoms with Gasteiger partial charge < -0.3 is 14.8 Å². The SMILES string of the molecule is C[C@@H](C(=O)Nc1ccc2c(c1)OC(F)(F)O2)C1CCC(c2ccnc3ccccc23)CC1. The van der Waals surface area contributed by atoms with Crippen LogP contribution in [0.2, 0.25) is 0 Å². The van der Waals surface area contributed by atoms with Crippen molar-refractivity contribution in [3.8, 4) is 11.5 Å². The molecule has 7 heteroatoms. The predicted octanol–water partition coefficient (Wildman–Crippen LogP) is 6.10. The Kier molecular flexibility index (Phi) is 5.19. The van der Waals surface area contributed by atoms with Crippen molar-refractivity contribution in [2.45, 2.75) is 44.8 Å². The monoisotopic (exact) mass is 438 g/mol. The third-order valence-corrected chi connectivity index (χ3v) is 6.68. The van der Waals surface area contributed by atoms with Gasteiger partial charge in [-0.3, -0.25) is 9.78 Å². The molecule has 1 aliphatic heterocycles. The molecule has 2 aliphatic rings. The summed E-state index contributed by atoms with van der Waals surface area (Å²) in [5.74, 6) is 0.321. The van der Waals surface area contributed by atoms with Gasteiger partial charge in [0, 0.05) is 29.3 Å². The second-order valence-electron chi connectivity index (χ2n) is 8.64. The molecule has 5 rings (SSSR count). The van der Waals surface area contributed by atoms with Crippen molar-refractivity contribution < 1.29 is 23.0 Å². The average Bonchev–Trinajstić information content (AvgIpc) is 3.11. The first-order chi connectivity index (χ1) is 15.4. The molecular weight excluding hydrogens is 414 g/mol. The number of hydrogen-bond acceptors (Lipinski definition) is 4. The number of amides is 1. The van der Waals surface area contributed by atoms with Crippen molar-refractivity contribution in [1.29, 1.82) is 0 Å². The minimum atomic E-state index is -3.67. The van der Waals surface area contributed by atoms with E-state index in [4.69, 9.17) is 0 Å². The highest BCUT2D eigenvalue weighted by Crippen LogP contribution is 2.43. The number of nitrogens with one attached hydrogen (secondary N) is 1. The summed E-state index contributed by atoms with van der Waals surface area (Å²) in [6.07, 6.45) is 2.18. The molecular formula is C25H24F2N2O3. The van der Waals surface area contributed by atoms with E-state index >= 15 is 0 Å². The van der Waals surface area contributed by atoms with Crippen molar-refractivity contribution in [3.63, 3.8) is 0 Å². The fourth-order valence-corrected chi connectivity index (χ4v) is 4.90. The number of para-hydroxylation sites is 1. The highest BCUT2D eigenvalue weighted by molar-refractivity contribution is 5.93. The number of anilines is 1. The van der Waals surface area contributed by atoms with Crippen molar-refractivity contribution in [2.75, 3.05) is 5.32 Å². The van der Waals surface area contributed by atoms with Gasteiger partial charge in [0.15, 0.2) is 11.5 Å². The highest BCUT2D eigenvalue weighted by atomic mass is 19.3. The Labute approximate surface area is 184 Å². The molecule has 3 aromatic rings. The van der Waals surface area contributed by atoms with Gasteiger partial charge in [0.1, 0.15) is 0 Å². The van der Waals surface area contributed by atoms with Gasteiger partial charge in [-0.15, -0.1) is 8.78 Å². The lowest BCUT2D eigenvalue weighted by Gasteiger charge is -2.32. The molecule has 1 aliphatic carbocycles. The maximum Gasteiger partial charge on any atom is 0.586 e. The maximum atomic E-state index is 13.2. The molecule has 2 heterocycles. The standard InChI is InChI=1S/C25H24F2N2O3/c1-15(24(30)29-18-10-11-22-23(14-18)32-25(26,27)31-22)16-6-8-17(9-7-16)19-12-13-28-21-5-3-2-4-20(19)21/h2-5,10-17H,6-9H2,1H3,(H,29,30)/t15-,16?,17?/m1/s1. The van der Waals surface area contributed by atoms with Gasteiger partial charge in [-0.2, -0.15) is 0 Å². The number of benzene rings is 2. The van der Waals surface area contributed by atoms with Crippen molar-refractivity contribution >= 4 is 22.5 Å². The Hall–Kier alpha value is -3.22. The summed E-state index contributed by atoms with van der Waals surface area (Å²) < 4.78 is 35.3. The van der Waals surface area contributed by atoms with Gasteiger partial charge >= 0.3 is 6.29 Å². The molecule has 0 unspecified atom stereocenters. The first-order valence-corrected chi connectivity index (χ1v) is 10.9. The number of pyridine rings is 1. The van der Waals surface area contributed by atoms with Crippen molar-refractivity contribution in [1.82, 2.24) is 4.98 Å². The number of fused-ring (bicyclic) bond motifs is 2. The number of rotatable bonds is 4. The maximum absolute atomic E-state index is 13.2. The third kappa shape index (κ3) is 3.99. The van der Waals surface area contributed by atoms with Crippen molar-refractivity contribution in [2.24, 2.45) is 11.8 Å². The van der Waals surface area contributed by atoms with Crippen LogP contribution in [-0.2, 0) is 4.79 Å². The zero-order chi connectivity index (χ0) is 22.3. The normalized spacial score (nSPS) is 22.5. The number of nitrogens with zero attached hydrogens (tertiary/aromatic N) is 1. The molecule has 5 nitrogen and oxygen atoms in total. The molecule has 0 radical (unpaired) electrons. The van der Waals surface area contributed by atoms with Crippen LogP contribution in [0.4, 0.5) is 14.5 Å². The molecule has 32 heavy (non-hydrogen) atoms. The number of carbonyl (C=O) groups excluding carboxylic acids is 1. The summed E-state index contributed by atoms with van der Waals surface area (Å²) in [6.45, 7) is 1.93. The van der Waals surface area contributed by atoms with Crippen LogP contribution in [0.15, 0.2) is 54.7 Å². The third-order valence-electron chi connectivity index (χ3n) is 6.68. The summed E-state index contributed by atoms with van der Waals surface area (Å²) in [5.41, 5.74) is 2.77. The summed E-state index contributed by atoms with van der Waals surface area (Å²) >= 11 is 0. The molecule has 1 atom stereocenters. The van der Waals surface area contributed by atoms with Crippen LogP contribution >= 0.6 is 0 Å². The van der Waals surface area contributed by atoms with Crippen LogP contribution in [0.25, 0.3) is 10.9 Å². The van der Waals surface area contributed by atoms with Gasteiger partial charge in [0.05, 0.1) is 5.52 Å². The van der Waals surface area contributed by atoms with E-state index in [-0.39, 0.29) is 29.2 Å². The van der Waals surface area contributed by atoms with Crippen LogP contribution in [-0.4, -0.2) is 17.2 Å². The topological polar surface area (TPSA) is 60.5 Å². The van der Waals surface area contributed by atoms with E-state index in [1.165, 1.54) is 23.1 Å². The number of ether oxygens (including phenoxy) is 2. The molecule has 1 saturated carbocycles. The van der Waals surface area contributed by atoms with Crippen LogP contribution in [0, 0.1) is 11.8 Å². The van der Waals surface area contributed by atoms with E-state index in [1.54, 1.807) is 6.07 Å². The van der Waals surface area contributed by atoms with Gasteiger partial charge in [0.2, 0.25) is 5.91 Å². The smallest absolute Gasteiger partial charge is 0.395 e. The van der Waals surface area contributed by atoms with Crippen LogP contribution in [0.5, 0.6) is 11.5 Å². The van der Waals surface area contributed by atoms with Crippen LogP contribution in [0.1, 0.15) is 44.1 Å². The van der Waals surface area contributed by atoms with Gasteiger partial charge in [-0.25, -0.2) is 0 Å². The predicted molar refractivity (Wildman–Crippen MR) is 117 cm³/mol. The van der Waals surface area contributed by atoms with Gasteiger partial charge in [-0.1, -0.05) is 25.1 Å². The van der Waals surface area contributed by atoms with E-state index in [0.29, 0.717) is 11.6 Å². The van der Waals surface area contributed by atoms with E-state index in [2.05, 4.69) is 31.9 Å². The number of halogens is 2. The Balaban J connectivity index is 1.21. The molecule has 0 bridgehead atoms. The molecule has 0 saturated heterocycles. The quantitative estimate of drug-likeness (QED) is 0.534. The number of hydrogen-bond donors (Lipinski definition) is 1. The lowest BCUT2D eigenvalue weighted by molar-refractivity contribution is -0.286. The first-order valence-electron chi connectivity index (χ1n) is 10.9. The van der Waals surface area contributed by atoms with E-state index < -0.39 is 6.29 Å². The lowest BCUT2D eigenvalue weighted by Crippen LogP contribution is -2.29.